The van der Waals surface area contributed by atoms with Crippen LogP contribution in [0.15, 0.2) is 66.7 Å². The average molecular weight is 515 g/mol. The number of aldehydes is 1. The predicted octanol–water partition coefficient (Wildman–Crippen LogP) is 7.80. The van der Waals surface area contributed by atoms with Gasteiger partial charge in [-0.1, -0.05) is 56.3 Å². The molecule has 4 nitrogen and oxygen atoms in total. The first kappa shape index (κ1) is 27.6. The van der Waals surface area contributed by atoms with Crippen LogP contribution in [0.2, 0.25) is 0 Å². The van der Waals surface area contributed by atoms with Crippen molar-refractivity contribution in [3.8, 4) is 5.75 Å². The lowest BCUT2D eigenvalue weighted by atomic mass is 10.0. The van der Waals surface area contributed by atoms with E-state index in [0.717, 1.165) is 65.7 Å². The number of hydrogen-bond donors (Lipinski definition) is 1. The highest BCUT2D eigenvalue weighted by Crippen LogP contribution is 2.34. The van der Waals surface area contributed by atoms with Crippen LogP contribution in [-0.2, 0) is 13.1 Å². The summed E-state index contributed by atoms with van der Waals surface area (Å²) in [6, 6.07) is 21.9. The first-order valence-corrected chi connectivity index (χ1v) is 13.6. The molecule has 200 valence electrons. The first-order chi connectivity index (χ1) is 18.4. The molecule has 38 heavy (non-hydrogen) atoms. The number of carbonyl (C=O) groups is 1. The van der Waals surface area contributed by atoms with Crippen molar-refractivity contribution in [2.75, 3.05) is 7.05 Å². The number of rotatable bonds is 8. The lowest BCUT2D eigenvalue weighted by molar-refractivity contribution is 0.112. The van der Waals surface area contributed by atoms with Crippen molar-refractivity contribution in [1.82, 2.24) is 9.88 Å². The zero-order valence-corrected chi connectivity index (χ0v) is 23.0. The topological polar surface area (TPSA) is 43.3 Å². The highest BCUT2D eigenvalue weighted by atomic mass is 19.1. The molecule has 1 saturated carbocycles. The number of halogens is 1. The number of nitrogens with zero attached hydrogens (tertiary/aromatic N) is 1. The van der Waals surface area contributed by atoms with Crippen molar-refractivity contribution in [3.63, 3.8) is 0 Å². The van der Waals surface area contributed by atoms with Gasteiger partial charge in [0.2, 0.25) is 0 Å². The Balaban J connectivity index is 0.000000257. The second-order valence-electron chi connectivity index (χ2n) is 10.5. The molecule has 0 unspecified atom stereocenters. The molecule has 0 saturated heterocycles. The van der Waals surface area contributed by atoms with Gasteiger partial charge in [-0.05, 0) is 80.5 Å². The number of aromatic nitrogens is 1. The van der Waals surface area contributed by atoms with Crippen LogP contribution in [0.3, 0.4) is 0 Å². The van der Waals surface area contributed by atoms with Crippen LogP contribution in [-0.4, -0.2) is 24.0 Å². The molecular formula is C33H39FN2O2. The molecule has 0 radical (unpaired) electrons. The molecular weight excluding hydrogens is 475 g/mol. The van der Waals surface area contributed by atoms with E-state index >= 15 is 0 Å². The van der Waals surface area contributed by atoms with Crippen LogP contribution < -0.4 is 10.1 Å². The Labute approximate surface area is 225 Å². The van der Waals surface area contributed by atoms with Gasteiger partial charge in [-0.15, -0.1) is 0 Å². The molecule has 0 amide bonds. The van der Waals surface area contributed by atoms with E-state index in [0.29, 0.717) is 11.7 Å². The van der Waals surface area contributed by atoms with Gasteiger partial charge in [-0.25, -0.2) is 4.39 Å². The molecule has 1 fully saturated rings. The molecule has 1 aliphatic carbocycles. The summed E-state index contributed by atoms with van der Waals surface area (Å²) in [4.78, 5) is 11.9. The second kappa shape index (κ2) is 12.9. The minimum absolute atomic E-state index is 0.127. The summed E-state index contributed by atoms with van der Waals surface area (Å²) in [7, 11) is 1.85. The van der Waals surface area contributed by atoms with E-state index in [1.165, 1.54) is 18.4 Å². The van der Waals surface area contributed by atoms with Crippen molar-refractivity contribution in [2.24, 2.45) is 0 Å². The van der Waals surface area contributed by atoms with Crippen molar-refractivity contribution < 1.29 is 13.9 Å². The fourth-order valence-electron chi connectivity index (χ4n) is 5.28. The van der Waals surface area contributed by atoms with Gasteiger partial charge in [-0.3, -0.25) is 4.79 Å². The summed E-state index contributed by atoms with van der Waals surface area (Å²) in [5.41, 5.74) is 5.90. The molecule has 0 spiro atoms. The zero-order valence-electron chi connectivity index (χ0n) is 23.0. The van der Waals surface area contributed by atoms with Crippen molar-refractivity contribution >= 4 is 17.2 Å². The third-order valence-corrected chi connectivity index (χ3v) is 7.19. The largest absolute Gasteiger partial charge is 0.490 e. The molecule has 1 N–H and O–H groups in total. The maximum absolute atomic E-state index is 12.9. The molecule has 1 heterocycles. The normalized spacial score (nSPS) is 13.5. The lowest BCUT2D eigenvalue weighted by Crippen LogP contribution is -2.11. The molecule has 1 aromatic heterocycles. The number of ether oxygens (including phenoxy) is 1. The molecule has 4 aromatic rings. The summed E-state index contributed by atoms with van der Waals surface area (Å²) < 4.78 is 21.4. The molecule has 0 atom stereocenters. The molecule has 5 rings (SSSR count). The number of aryl methyl sites for hydroxylation is 1. The standard InChI is InChI=1S/C24H27NO2.C9H12FN/c1-17(2)24-22(16-26)21-13-12-20(27-19-10-6-7-11-19)14-23(21)25(24)15-18-8-4-3-5-9-18;1-7-3-4-8(6-11-2)5-9(7)10/h3-5,8-9,12-14,16-17,19H,6-7,10-11,15H2,1-2H3;3-5,11H,6H2,1-2H3. The van der Waals surface area contributed by atoms with E-state index in [-0.39, 0.29) is 11.7 Å². The molecule has 0 bridgehead atoms. The number of carbonyl (C=O) groups excluding carboxylic acids is 1. The Bertz CT molecular complexity index is 1350. The summed E-state index contributed by atoms with van der Waals surface area (Å²) in [6.45, 7) is 7.54. The molecule has 0 aliphatic heterocycles. The summed E-state index contributed by atoms with van der Waals surface area (Å²) >= 11 is 0. The summed E-state index contributed by atoms with van der Waals surface area (Å²) in [5, 5.41) is 3.98. The Morgan fingerprint density at radius 3 is 2.39 bits per heavy atom. The summed E-state index contributed by atoms with van der Waals surface area (Å²) in [6.07, 6.45) is 6.13. The van der Waals surface area contributed by atoms with E-state index in [1.807, 2.05) is 25.2 Å². The van der Waals surface area contributed by atoms with Crippen LogP contribution >= 0.6 is 0 Å². The average Bonchev–Trinajstić information content (AvgIpc) is 3.53. The van der Waals surface area contributed by atoms with E-state index in [9.17, 15) is 9.18 Å². The highest BCUT2D eigenvalue weighted by molar-refractivity contribution is 6.00. The fraction of sp³-hybridized carbons (Fsp3) is 0.364. The number of benzene rings is 3. The van der Waals surface area contributed by atoms with E-state index in [1.54, 1.807) is 19.1 Å². The zero-order chi connectivity index (χ0) is 27.1. The smallest absolute Gasteiger partial charge is 0.152 e. The molecule has 5 heteroatoms. The van der Waals surface area contributed by atoms with Gasteiger partial charge in [-0.2, -0.15) is 0 Å². The van der Waals surface area contributed by atoms with Crippen molar-refractivity contribution in [3.05, 3.63) is 100 Å². The van der Waals surface area contributed by atoms with E-state index in [4.69, 9.17) is 4.74 Å². The van der Waals surface area contributed by atoms with Crippen LogP contribution in [0.4, 0.5) is 4.39 Å². The van der Waals surface area contributed by atoms with Gasteiger partial charge >= 0.3 is 0 Å². The van der Waals surface area contributed by atoms with Gasteiger partial charge < -0.3 is 14.6 Å². The predicted molar refractivity (Wildman–Crippen MR) is 154 cm³/mol. The van der Waals surface area contributed by atoms with Crippen LogP contribution in [0, 0.1) is 12.7 Å². The van der Waals surface area contributed by atoms with Crippen molar-refractivity contribution in [1.29, 1.82) is 0 Å². The molecule has 3 aromatic carbocycles. The van der Waals surface area contributed by atoms with Crippen LogP contribution in [0.5, 0.6) is 5.75 Å². The second-order valence-corrected chi connectivity index (χ2v) is 10.5. The Morgan fingerprint density at radius 1 is 1.03 bits per heavy atom. The van der Waals surface area contributed by atoms with Gasteiger partial charge in [0.15, 0.2) is 6.29 Å². The fourth-order valence-corrected chi connectivity index (χ4v) is 5.28. The Morgan fingerprint density at radius 2 is 1.76 bits per heavy atom. The van der Waals surface area contributed by atoms with Gasteiger partial charge in [0, 0.05) is 35.8 Å². The Kier molecular flexibility index (Phi) is 9.35. The van der Waals surface area contributed by atoms with E-state index < -0.39 is 0 Å². The van der Waals surface area contributed by atoms with Crippen LogP contribution in [0.1, 0.15) is 78.2 Å². The van der Waals surface area contributed by atoms with Gasteiger partial charge in [0.25, 0.3) is 0 Å². The van der Waals surface area contributed by atoms with Crippen LogP contribution in [0.25, 0.3) is 10.9 Å². The maximum Gasteiger partial charge on any atom is 0.152 e. The van der Waals surface area contributed by atoms with Gasteiger partial charge in [0.05, 0.1) is 11.6 Å². The number of fused-ring (bicyclic) bond motifs is 1. The number of nitrogens with one attached hydrogen (secondary N) is 1. The summed E-state index contributed by atoms with van der Waals surface area (Å²) in [5.74, 6) is 1.05. The SMILES string of the molecule is CC(C)c1c(C=O)c2ccc(OC3CCCC3)cc2n1Cc1ccccc1.CNCc1ccc(C)c(F)c1. The first-order valence-electron chi connectivity index (χ1n) is 13.6. The molecule has 1 aliphatic rings. The maximum atomic E-state index is 12.9. The van der Waals surface area contributed by atoms with Gasteiger partial charge in [0.1, 0.15) is 11.6 Å². The lowest BCUT2D eigenvalue weighted by Gasteiger charge is -2.16. The quantitative estimate of drug-likeness (QED) is 0.244. The third-order valence-electron chi connectivity index (χ3n) is 7.19. The monoisotopic (exact) mass is 514 g/mol. The minimum atomic E-state index is -0.127. The Hall–Kier alpha value is -3.44. The number of hydrogen-bond acceptors (Lipinski definition) is 3. The van der Waals surface area contributed by atoms with E-state index in [2.05, 4.69) is 60.1 Å². The third kappa shape index (κ3) is 6.51. The van der Waals surface area contributed by atoms with Crippen molar-refractivity contribution in [2.45, 2.75) is 71.6 Å². The minimum Gasteiger partial charge on any atom is -0.490 e. The highest BCUT2D eigenvalue weighted by Gasteiger charge is 2.21.